The van der Waals surface area contributed by atoms with Gasteiger partial charge in [-0.15, -0.1) is 0 Å². The second kappa shape index (κ2) is 8.08. The highest BCUT2D eigenvalue weighted by molar-refractivity contribution is 5.84. The second-order valence-corrected chi connectivity index (χ2v) is 6.62. The third-order valence-electron chi connectivity index (χ3n) is 4.18. The highest BCUT2D eigenvalue weighted by atomic mass is 16.5. The van der Waals surface area contributed by atoms with Crippen molar-refractivity contribution in [2.75, 3.05) is 26.2 Å². The lowest BCUT2D eigenvalue weighted by molar-refractivity contribution is -0.136. The summed E-state index contributed by atoms with van der Waals surface area (Å²) in [6, 6.07) is 7.65. The molecule has 0 aromatic carbocycles. The Morgan fingerprint density at radius 1 is 1.48 bits per heavy atom. The van der Waals surface area contributed by atoms with Crippen molar-refractivity contribution in [1.29, 1.82) is 5.26 Å². The lowest BCUT2D eigenvalue weighted by atomic mass is 9.95. The largest absolute Gasteiger partial charge is 0.368 e. The number of carbonyl (C=O) groups excluding carboxylic acids is 2. The standard InChI is InChI=1S/C18H24N4O3/c1-13(23)22-9-10-25-16(11-22)15-6-4-5-14(21-15)7-8-20-17(24)18(2,3)12-19/h4-6,16H,7-11H2,1-3H3,(H,20,24). The topological polar surface area (TPSA) is 95.3 Å². The fourth-order valence-corrected chi connectivity index (χ4v) is 2.51. The molecule has 1 aliphatic rings. The summed E-state index contributed by atoms with van der Waals surface area (Å²) >= 11 is 0. The van der Waals surface area contributed by atoms with E-state index in [9.17, 15) is 9.59 Å². The first-order chi connectivity index (χ1) is 11.8. The van der Waals surface area contributed by atoms with Crippen LogP contribution in [0, 0.1) is 16.7 Å². The number of carbonyl (C=O) groups is 2. The minimum atomic E-state index is -1.04. The van der Waals surface area contributed by atoms with Gasteiger partial charge in [-0.2, -0.15) is 5.26 Å². The molecule has 0 bridgehead atoms. The van der Waals surface area contributed by atoms with Gasteiger partial charge in [-0.05, 0) is 26.0 Å². The SMILES string of the molecule is CC(=O)N1CCOC(c2cccc(CCNC(=O)C(C)(C)C#N)n2)C1. The van der Waals surface area contributed by atoms with Gasteiger partial charge in [0.2, 0.25) is 11.8 Å². The molecule has 1 aliphatic heterocycles. The zero-order valence-corrected chi connectivity index (χ0v) is 14.9. The maximum Gasteiger partial charge on any atom is 0.239 e. The highest BCUT2D eigenvalue weighted by Gasteiger charge is 2.27. The van der Waals surface area contributed by atoms with E-state index in [1.54, 1.807) is 25.7 Å². The lowest BCUT2D eigenvalue weighted by Crippen LogP contribution is -2.41. The van der Waals surface area contributed by atoms with E-state index in [1.165, 1.54) is 0 Å². The summed E-state index contributed by atoms with van der Waals surface area (Å²) < 4.78 is 5.74. The molecule has 1 N–H and O–H groups in total. The molecule has 1 saturated heterocycles. The van der Waals surface area contributed by atoms with Gasteiger partial charge in [0, 0.05) is 32.1 Å². The summed E-state index contributed by atoms with van der Waals surface area (Å²) in [5.41, 5.74) is 0.574. The van der Waals surface area contributed by atoms with E-state index in [1.807, 2.05) is 24.3 Å². The quantitative estimate of drug-likeness (QED) is 0.866. The summed E-state index contributed by atoms with van der Waals surface area (Å²) in [7, 11) is 0. The Labute approximate surface area is 148 Å². The molecule has 25 heavy (non-hydrogen) atoms. The summed E-state index contributed by atoms with van der Waals surface area (Å²) in [6.07, 6.45) is 0.328. The van der Waals surface area contributed by atoms with E-state index in [0.29, 0.717) is 32.7 Å². The minimum Gasteiger partial charge on any atom is -0.368 e. The van der Waals surface area contributed by atoms with Crippen LogP contribution >= 0.6 is 0 Å². The molecule has 1 fully saturated rings. The number of hydrogen-bond donors (Lipinski definition) is 1. The van der Waals surface area contributed by atoms with E-state index in [-0.39, 0.29) is 17.9 Å². The number of nitrogens with one attached hydrogen (secondary N) is 1. The molecular formula is C18H24N4O3. The zero-order chi connectivity index (χ0) is 18.4. The predicted octanol–water partition coefficient (Wildman–Crippen LogP) is 1.21. The van der Waals surface area contributed by atoms with Crippen molar-refractivity contribution in [3.05, 3.63) is 29.6 Å². The van der Waals surface area contributed by atoms with Crippen LogP contribution in [0.25, 0.3) is 0 Å². The van der Waals surface area contributed by atoms with Crippen molar-refractivity contribution in [3.8, 4) is 6.07 Å². The van der Waals surface area contributed by atoms with Gasteiger partial charge in [0.15, 0.2) is 0 Å². The number of pyridine rings is 1. The number of rotatable bonds is 5. The van der Waals surface area contributed by atoms with Crippen LogP contribution in [-0.2, 0) is 20.7 Å². The van der Waals surface area contributed by atoms with Gasteiger partial charge in [-0.25, -0.2) is 0 Å². The average Bonchev–Trinajstić information content (AvgIpc) is 2.62. The molecule has 2 amide bonds. The fraction of sp³-hybridized carbons (Fsp3) is 0.556. The van der Waals surface area contributed by atoms with Gasteiger partial charge >= 0.3 is 0 Å². The third-order valence-corrected chi connectivity index (χ3v) is 4.18. The summed E-state index contributed by atoms with van der Waals surface area (Å²) in [4.78, 5) is 29.8. The molecule has 0 saturated carbocycles. The number of aromatic nitrogens is 1. The number of morpholine rings is 1. The van der Waals surface area contributed by atoms with E-state index in [2.05, 4.69) is 10.3 Å². The first kappa shape index (κ1) is 18.9. The maximum absolute atomic E-state index is 11.9. The van der Waals surface area contributed by atoms with Crippen LogP contribution in [0.3, 0.4) is 0 Å². The Hall–Kier alpha value is -2.46. The molecule has 1 aromatic rings. The Balaban J connectivity index is 1.94. The van der Waals surface area contributed by atoms with Crippen molar-refractivity contribution in [1.82, 2.24) is 15.2 Å². The maximum atomic E-state index is 11.9. The molecule has 7 heteroatoms. The minimum absolute atomic E-state index is 0.0345. The van der Waals surface area contributed by atoms with Gasteiger partial charge in [0.1, 0.15) is 11.5 Å². The molecule has 2 rings (SSSR count). The van der Waals surface area contributed by atoms with Crippen LogP contribution in [0.5, 0.6) is 0 Å². The van der Waals surface area contributed by atoms with Crippen LogP contribution in [0.1, 0.15) is 38.3 Å². The molecular weight excluding hydrogens is 320 g/mol. The van der Waals surface area contributed by atoms with Crippen LogP contribution < -0.4 is 5.32 Å². The van der Waals surface area contributed by atoms with Crippen molar-refractivity contribution in [2.24, 2.45) is 5.41 Å². The summed E-state index contributed by atoms with van der Waals surface area (Å²) in [5, 5.41) is 11.7. The van der Waals surface area contributed by atoms with Crippen molar-refractivity contribution in [3.63, 3.8) is 0 Å². The average molecular weight is 344 g/mol. The number of ether oxygens (including phenoxy) is 1. The molecule has 0 radical (unpaired) electrons. The number of amides is 2. The molecule has 7 nitrogen and oxygen atoms in total. The van der Waals surface area contributed by atoms with Gasteiger partial charge < -0.3 is 15.0 Å². The van der Waals surface area contributed by atoms with Gasteiger partial charge in [0.25, 0.3) is 0 Å². The Morgan fingerprint density at radius 2 is 2.24 bits per heavy atom. The number of nitrogens with zero attached hydrogens (tertiary/aromatic N) is 3. The van der Waals surface area contributed by atoms with Crippen molar-refractivity contribution >= 4 is 11.8 Å². The van der Waals surface area contributed by atoms with Gasteiger partial charge in [0.05, 0.1) is 24.9 Å². The molecule has 2 heterocycles. The zero-order valence-electron chi connectivity index (χ0n) is 14.9. The van der Waals surface area contributed by atoms with Crippen LogP contribution in [-0.4, -0.2) is 47.9 Å². The van der Waals surface area contributed by atoms with E-state index in [4.69, 9.17) is 10.00 Å². The van der Waals surface area contributed by atoms with Gasteiger partial charge in [-0.3, -0.25) is 14.6 Å². The van der Waals surface area contributed by atoms with Crippen molar-refractivity contribution < 1.29 is 14.3 Å². The van der Waals surface area contributed by atoms with E-state index >= 15 is 0 Å². The first-order valence-electron chi connectivity index (χ1n) is 8.36. The van der Waals surface area contributed by atoms with E-state index < -0.39 is 5.41 Å². The normalized spacial score (nSPS) is 17.7. The van der Waals surface area contributed by atoms with Crippen molar-refractivity contribution in [2.45, 2.75) is 33.3 Å². The van der Waals surface area contributed by atoms with Crippen LogP contribution in [0.4, 0.5) is 0 Å². The lowest BCUT2D eigenvalue weighted by Gasteiger charge is -2.32. The van der Waals surface area contributed by atoms with E-state index in [0.717, 1.165) is 11.4 Å². The highest BCUT2D eigenvalue weighted by Crippen LogP contribution is 2.21. The van der Waals surface area contributed by atoms with Crippen LogP contribution in [0.15, 0.2) is 18.2 Å². The monoisotopic (exact) mass is 344 g/mol. The summed E-state index contributed by atoms with van der Waals surface area (Å²) in [6.45, 7) is 6.73. The third kappa shape index (κ3) is 5.00. The molecule has 0 aliphatic carbocycles. The Kier molecular flexibility index (Phi) is 6.10. The molecule has 134 valence electrons. The predicted molar refractivity (Wildman–Crippen MR) is 91.3 cm³/mol. The first-order valence-corrected chi connectivity index (χ1v) is 8.36. The second-order valence-electron chi connectivity index (χ2n) is 6.62. The fourth-order valence-electron chi connectivity index (χ4n) is 2.51. The Morgan fingerprint density at radius 3 is 2.92 bits per heavy atom. The number of nitriles is 1. The Bertz CT molecular complexity index is 681. The number of hydrogen-bond acceptors (Lipinski definition) is 5. The smallest absolute Gasteiger partial charge is 0.239 e. The molecule has 1 unspecified atom stereocenters. The molecule has 1 aromatic heterocycles. The van der Waals surface area contributed by atoms with Gasteiger partial charge in [-0.1, -0.05) is 6.07 Å². The van der Waals surface area contributed by atoms with Crippen LogP contribution in [0.2, 0.25) is 0 Å². The molecule has 1 atom stereocenters. The molecule has 0 spiro atoms. The summed E-state index contributed by atoms with van der Waals surface area (Å²) in [5.74, 6) is -0.258.